The van der Waals surface area contributed by atoms with Crippen LogP contribution in [0.4, 0.5) is 0 Å². The molecule has 0 N–H and O–H groups in total. The van der Waals surface area contributed by atoms with E-state index in [0.29, 0.717) is 0 Å². The van der Waals surface area contributed by atoms with Crippen LogP contribution in [0.2, 0.25) is 0 Å². The predicted octanol–water partition coefficient (Wildman–Crippen LogP) is 2.96. The maximum absolute atomic E-state index is 4.54. The summed E-state index contributed by atoms with van der Waals surface area (Å²) >= 11 is 0. The van der Waals surface area contributed by atoms with Gasteiger partial charge in [-0.3, -0.25) is 4.98 Å². The molecule has 0 radical (unpaired) electrons. The summed E-state index contributed by atoms with van der Waals surface area (Å²) in [6.07, 6.45) is 8.53. The zero-order chi connectivity index (χ0) is 11.7. The van der Waals surface area contributed by atoms with Gasteiger partial charge in [0.05, 0.1) is 11.9 Å². The lowest BCUT2D eigenvalue weighted by Gasteiger charge is -1.98. The van der Waals surface area contributed by atoms with Gasteiger partial charge in [0.1, 0.15) is 0 Å². The fraction of sp³-hybridized carbons (Fsp3) is 0.143. The van der Waals surface area contributed by atoms with Crippen molar-refractivity contribution in [2.45, 2.75) is 13.3 Å². The van der Waals surface area contributed by atoms with Gasteiger partial charge in [-0.1, -0.05) is 31.2 Å². The first-order valence-corrected chi connectivity index (χ1v) is 5.75. The molecule has 3 nitrogen and oxygen atoms in total. The van der Waals surface area contributed by atoms with Crippen molar-refractivity contribution < 1.29 is 0 Å². The summed E-state index contributed by atoms with van der Waals surface area (Å²) in [7, 11) is 0. The number of aryl methyl sites for hydroxylation is 1. The minimum Gasteiger partial charge on any atom is -0.304 e. The summed E-state index contributed by atoms with van der Waals surface area (Å²) in [5.41, 5.74) is 4.35. The van der Waals surface area contributed by atoms with E-state index in [2.05, 4.69) is 41.2 Å². The molecule has 17 heavy (non-hydrogen) atoms. The molecule has 0 aliphatic heterocycles. The Hall–Kier alpha value is -2.16. The Bertz CT molecular complexity index is 605. The van der Waals surface area contributed by atoms with Crippen LogP contribution in [0.25, 0.3) is 16.9 Å². The van der Waals surface area contributed by atoms with Gasteiger partial charge >= 0.3 is 0 Å². The summed E-state index contributed by atoms with van der Waals surface area (Å²) in [6, 6.07) is 8.54. The molecule has 84 valence electrons. The lowest BCUT2D eigenvalue weighted by Crippen LogP contribution is -1.81. The van der Waals surface area contributed by atoms with Crippen LogP contribution in [-0.2, 0) is 6.42 Å². The Morgan fingerprint density at radius 3 is 2.71 bits per heavy atom. The predicted molar refractivity (Wildman–Crippen MR) is 67.8 cm³/mol. The van der Waals surface area contributed by atoms with Crippen LogP contribution >= 0.6 is 0 Å². The van der Waals surface area contributed by atoms with Gasteiger partial charge in [0.25, 0.3) is 0 Å². The standard InChI is InChI=1S/C14H13N3/c1-2-11-3-5-12(6-4-11)13-10-17-8-7-15-9-14(17)16-13/h3-10H,2H2,1H3. The minimum absolute atomic E-state index is 0.877. The smallest absolute Gasteiger partial charge is 0.155 e. The van der Waals surface area contributed by atoms with E-state index in [1.54, 1.807) is 12.4 Å². The van der Waals surface area contributed by atoms with E-state index in [-0.39, 0.29) is 0 Å². The number of nitrogens with zero attached hydrogens (tertiary/aromatic N) is 3. The van der Waals surface area contributed by atoms with Crippen LogP contribution in [0.3, 0.4) is 0 Å². The average Bonchev–Trinajstić information content (AvgIpc) is 2.82. The Kier molecular flexibility index (Phi) is 2.37. The second-order valence-corrected chi connectivity index (χ2v) is 4.02. The number of aromatic nitrogens is 3. The second kappa shape index (κ2) is 4.01. The molecular weight excluding hydrogens is 210 g/mol. The second-order valence-electron chi connectivity index (χ2n) is 4.02. The number of benzene rings is 1. The third-order valence-corrected chi connectivity index (χ3v) is 2.92. The fourth-order valence-corrected chi connectivity index (χ4v) is 1.89. The van der Waals surface area contributed by atoms with Crippen molar-refractivity contribution >= 4 is 5.65 Å². The Balaban J connectivity index is 2.07. The van der Waals surface area contributed by atoms with Crippen LogP contribution in [0.1, 0.15) is 12.5 Å². The van der Waals surface area contributed by atoms with Gasteiger partial charge in [0.15, 0.2) is 5.65 Å². The molecule has 1 aromatic carbocycles. The van der Waals surface area contributed by atoms with Gasteiger partial charge in [0.2, 0.25) is 0 Å². The van der Waals surface area contributed by atoms with Crippen molar-refractivity contribution in [2.75, 3.05) is 0 Å². The van der Waals surface area contributed by atoms with Crippen molar-refractivity contribution in [3.05, 3.63) is 54.6 Å². The molecule has 0 amide bonds. The highest BCUT2D eigenvalue weighted by molar-refractivity contribution is 5.62. The average molecular weight is 223 g/mol. The van der Waals surface area contributed by atoms with E-state index >= 15 is 0 Å². The summed E-state index contributed by atoms with van der Waals surface area (Å²) in [5.74, 6) is 0. The number of hydrogen-bond donors (Lipinski definition) is 0. The molecule has 0 atom stereocenters. The molecule has 0 bridgehead atoms. The molecule has 0 fully saturated rings. The van der Waals surface area contributed by atoms with Crippen molar-refractivity contribution in [3.8, 4) is 11.3 Å². The van der Waals surface area contributed by atoms with Crippen LogP contribution in [0.5, 0.6) is 0 Å². The fourth-order valence-electron chi connectivity index (χ4n) is 1.89. The van der Waals surface area contributed by atoms with Crippen LogP contribution in [0.15, 0.2) is 49.1 Å². The first-order valence-electron chi connectivity index (χ1n) is 5.75. The third kappa shape index (κ3) is 1.80. The molecule has 2 aromatic heterocycles. The number of rotatable bonds is 2. The monoisotopic (exact) mass is 223 g/mol. The van der Waals surface area contributed by atoms with Gasteiger partial charge < -0.3 is 4.40 Å². The molecule has 3 heteroatoms. The number of hydrogen-bond acceptors (Lipinski definition) is 2. The van der Waals surface area contributed by atoms with E-state index in [1.165, 1.54) is 5.56 Å². The lowest BCUT2D eigenvalue weighted by atomic mass is 10.1. The Morgan fingerprint density at radius 1 is 1.18 bits per heavy atom. The van der Waals surface area contributed by atoms with E-state index in [9.17, 15) is 0 Å². The summed E-state index contributed by atoms with van der Waals surface area (Å²) < 4.78 is 1.98. The first-order chi connectivity index (χ1) is 8.36. The zero-order valence-corrected chi connectivity index (χ0v) is 9.67. The van der Waals surface area contributed by atoms with Gasteiger partial charge in [-0.15, -0.1) is 0 Å². The Labute approximate surface area is 99.8 Å². The molecule has 3 aromatic rings. The van der Waals surface area contributed by atoms with Crippen molar-refractivity contribution in [3.63, 3.8) is 0 Å². The molecule has 2 heterocycles. The van der Waals surface area contributed by atoms with Crippen molar-refractivity contribution in [2.24, 2.45) is 0 Å². The molecule has 0 unspecified atom stereocenters. The quantitative estimate of drug-likeness (QED) is 0.668. The molecule has 3 rings (SSSR count). The number of fused-ring (bicyclic) bond motifs is 1. The van der Waals surface area contributed by atoms with E-state index in [0.717, 1.165) is 23.3 Å². The highest BCUT2D eigenvalue weighted by Gasteiger charge is 2.03. The lowest BCUT2D eigenvalue weighted by molar-refractivity contribution is 1.13. The highest BCUT2D eigenvalue weighted by atomic mass is 15.0. The van der Waals surface area contributed by atoms with E-state index in [1.807, 2.05) is 16.8 Å². The molecule has 0 aliphatic carbocycles. The van der Waals surface area contributed by atoms with Gasteiger partial charge in [0, 0.05) is 24.2 Å². The van der Waals surface area contributed by atoms with Gasteiger partial charge in [-0.2, -0.15) is 0 Å². The van der Waals surface area contributed by atoms with Crippen LogP contribution in [-0.4, -0.2) is 14.4 Å². The molecule has 0 saturated heterocycles. The zero-order valence-electron chi connectivity index (χ0n) is 9.67. The van der Waals surface area contributed by atoms with Crippen molar-refractivity contribution in [1.82, 2.24) is 14.4 Å². The molecule has 0 aliphatic rings. The normalized spacial score (nSPS) is 10.9. The largest absolute Gasteiger partial charge is 0.304 e. The first kappa shape index (κ1) is 10.0. The molecule has 0 spiro atoms. The van der Waals surface area contributed by atoms with Crippen LogP contribution < -0.4 is 0 Å². The third-order valence-electron chi connectivity index (χ3n) is 2.92. The topological polar surface area (TPSA) is 30.2 Å². The van der Waals surface area contributed by atoms with Gasteiger partial charge in [-0.25, -0.2) is 4.98 Å². The van der Waals surface area contributed by atoms with E-state index in [4.69, 9.17) is 0 Å². The summed E-state index contributed by atoms with van der Waals surface area (Å²) in [4.78, 5) is 8.60. The van der Waals surface area contributed by atoms with E-state index < -0.39 is 0 Å². The van der Waals surface area contributed by atoms with Crippen LogP contribution in [0, 0.1) is 0 Å². The minimum atomic E-state index is 0.877. The maximum Gasteiger partial charge on any atom is 0.155 e. The van der Waals surface area contributed by atoms with Crippen molar-refractivity contribution in [1.29, 1.82) is 0 Å². The molecule has 0 saturated carbocycles. The van der Waals surface area contributed by atoms with Gasteiger partial charge in [-0.05, 0) is 12.0 Å². The summed E-state index contributed by atoms with van der Waals surface area (Å²) in [5, 5.41) is 0. The SMILES string of the molecule is CCc1ccc(-c2cn3ccncc3n2)cc1. The Morgan fingerprint density at radius 2 is 2.00 bits per heavy atom. The maximum atomic E-state index is 4.54. The highest BCUT2D eigenvalue weighted by Crippen LogP contribution is 2.19. The number of imidazole rings is 1. The molecular formula is C14H13N3. The summed E-state index contributed by atoms with van der Waals surface area (Å²) in [6.45, 7) is 2.16.